The number of pyridine rings is 1. The molecular formula is C19H22N4O. The zero-order valence-corrected chi connectivity index (χ0v) is 14.0. The van der Waals surface area contributed by atoms with Gasteiger partial charge in [0.2, 0.25) is 5.91 Å². The molecule has 24 heavy (non-hydrogen) atoms. The molecule has 5 heteroatoms. The van der Waals surface area contributed by atoms with Gasteiger partial charge in [-0.1, -0.05) is 36.8 Å². The molecule has 0 saturated heterocycles. The van der Waals surface area contributed by atoms with Crippen LogP contribution in [0.3, 0.4) is 0 Å². The van der Waals surface area contributed by atoms with Crippen LogP contribution in [0.15, 0.2) is 42.6 Å². The lowest BCUT2D eigenvalue weighted by Gasteiger charge is -2.07. The molecule has 0 unspecified atom stereocenters. The van der Waals surface area contributed by atoms with E-state index in [2.05, 4.69) is 43.4 Å². The minimum atomic E-state index is -0.0752. The zero-order chi connectivity index (χ0) is 17.1. The van der Waals surface area contributed by atoms with Gasteiger partial charge in [0.15, 0.2) is 0 Å². The van der Waals surface area contributed by atoms with Crippen molar-refractivity contribution in [2.75, 3.05) is 11.9 Å². The molecule has 0 radical (unpaired) electrons. The first-order valence-electron chi connectivity index (χ1n) is 8.20. The lowest BCUT2D eigenvalue weighted by molar-refractivity contribution is -0.116. The van der Waals surface area contributed by atoms with E-state index in [1.54, 1.807) is 0 Å². The molecular weight excluding hydrogens is 300 g/mol. The average molecular weight is 322 g/mol. The van der Waals surface area contributed by atoms with Crippen molar-refractivity contribution in [2.45, 2.75) is 26.7 Å². The van der Waals surface area contributed by atoms with Crippen LogP contribution in [0.2, 0.25) is 0 Å². The van der Waals surface area contributed by atoms with E-state index >= 15 is 0 Å². The molecule has 2 heterocycles. The van der Waals surface area contributed by atoms with Gasteiger partial charge < -0.3 is 15.5 Å². The summed E-state index contributed by atoms with van der Waals surface area (Å²) in [6.45, 7) is 4.53. The van der Waals surface area contributed by atoms with E-state index in [0.717, 1.165) is 34.7 Å². The number of carbonyl (C=O) groups excluding carboxylic acids is 1. The lowest BCUT2D eigenvalue weighted by Crippen LogP contribution is -2.16. The number of anilines is 1. The highest BCUT2D eigenvalue weighted by atomic mass is 16.1. The van der Waals surface area contributed by atoms with Crippen LogP contribution < -0.4 is 11.1 Å². The van der Waals surface area contributed by atoms with E-state index in [4.69, 9.17) is 10.7 Å². The van der Waals surface area contributed by atoms with E-state index < -0.39 is 0 Å². The first-order valence-corrected chi connectivity index (χ1v) is 8.20. The summed E-state index contributed by atoms with van der Waals surface area (Å²) in [4.78, 5) is 16.5. The summed E-state index contributed by atoms with van der Waals surface area (Å²) in [6.07, 6.45) is 3.09. The molecule has 3 rings (SSSR count). The Balaban J connectivity index is 2.03. The van der Waals surface area contributed by atoms with Gasteiger partial charge in [-0.2, -0.15) is 0 Å². The molecule has 0 spiro atoms. The lowest BCUT2D eigenvalue weighted by atomic mass is 10.1. The Morgan fingerprint density at radius 2 is 1.96 bits per heavy atom. The number of hydrogen-bond acceptors (Lipinski definition) is 3. The van der Waals surface area contributed by atoms with Crippen LogP contribution in [0.4, 0.5) is 5.69 Å². The SMILES string of the molecule is CCc1c(-c2ccc(C)cc2)nc2ccc(NC(=O)CCN)cn12. The number of benzene rings is 1. The van der Waals surface area contributed by atoms with Gasteiger partial charge >= 0.3 is 0 Å². The third-order valence-electron chi connectivity index (χ3n) is 4.03. The molecule has 0 saturated carbocycles. The van der Waals surface area contributed by atoms with Crippen molar-refractivity contribution in [1.82, 2.24) is 9.38 Å². The monoisotopic (exact) mass is 322 g/mol. The third-order valence-corrected chi connectivity index (χ3v) is 4.03. The molecule has 3 aromatic rings. The maximum absolute atomic E-state index is 11.7. The summed E-state index contributed by atoms with van der Waals surface area (Å²) in [5, 5.41) is 2.88. The number of fused-ring (bicyclic) bond motifs is 1. The molecule has 0 bridgehead atoms. The smallest absolute Gasteiger partial charge is 0.225 e. The minimum Gasteiger partial charge on any atom is -0.330 e. The summed E-state index contributed by atoms with van der Waals surface area (Å²) >= 11 is 0. The highest BCUT2D eigenvalue weighted by molar-refractivity contribution is 5.90. The third kappa shape index (κ3) is 3.16. The van der Waals surface area contributed by atoms with Gasteiger partial charge in [-0.25, -0.2) is 4.98 Å². The fourth-order valence-corrected chi connectivity index (χ4v) is 2.80. The molecule has 0 aliphatic carbocycles. The predicted octanol–water partition coefficient (Wildman–Crippen LogP) is 3.16. The molecule has 2 aromatic heterocycles. The Morgan fingerprint density at radius 1 is 1.21 bits per heavy atom. The van der Waals surface area contributed by atoms with Crippen LogP contribution in [0, 0.1) is 6.92 Å². The minimum absolute atomic E-state index is 0.0752. The summed E-state index contributed by atoms with van der Waals surface area (Å²) in [5.41, 5.74) is 11.5. The van der Waals surface area contributed by atoms with Gasteiger partial charge in [-0.15, -0.1) is 0 Å². The van der Waals surface area contributed by atoms with Crippen molar-refractivity contribution >= 4 is 17.2 Å². The molecule has 1 aromatic carbocycles. The Hall–Kier alpha value is -2.66. The quantitative estimate of drug-likeness (QED) is 0.758. The van der Waals surface area contributed by atoms with Crippen molar-refractivity contribution in [1.29, 1.82) is 0 Å². The number of carbonyl (C=O) groups is 1. The predicted molar refractivity (Wildman–Crippen MR) is 97.0 cm³/mol. The Morgan fingerprint density at radius 3 is 2.62 bits per heavy atom. The molecule has 0 aliphatic heterocycles. The maximum Gasteiger partial charge on any atom is 0.225 e. The van der Waals surface area contributed by atoms with E-state index in [0.29, 0.717) is 13.0 Å². The van der Waals surface area contributed by atoms with Crippen LogP contribution in [0.1, 0.15) is 24.6 Å². The van der Waals surface area contributed by atoms with Crippen LogP contribution in [0.25, 0.3) is 16.9 Å². The topological polar surface area (TPSA) is 72.4 Å². The maximum atomic E-state index is 11.7. The van der Waals surface area contributed by atoms with Crippen LogP contribution >= 0.6 is 0 Å². The fourth-order valence-electron chi connectivity index (χ4n) is 2.80. The molecule has 0 fully saturated rings. The van der Waals surface area contributed by atoms with Crippen molar-refractivity contribution < 1.29 is 4.79 Å². The Kier molecular flexibility index (Phi) is 4.62. The average Bonchev–Trinajstić information content (AvgIpc) is 2.93. The largest absolute Gasteiger partial charge is 0.330 e. The Bertz CT molecular complexity index is 865. The number of nitrogens with one attached hydrogen (secondary N) is 1. The van der Waals surface area contributed by atoms with Crippen LogP contribution in [-0.2, 0) is 11.2 Å². The second kappa shape index (κ2) is 6.84. The molecule has 0 aliphatic rings. The van der Waals surface area contributed by atoms with Gasteiger partial charge in [-0.05, 0) is 25.5 Å². The number of imidazole rings is 1. The number of nitrogens with two attached hydrogens (primary N) is 1. The number of amides is 1. The number of aryl methyl sites for hydroxylation is 2. The van der Waals surface area contributed by atoms with Gasteiger partial charge in [0.25, 0.3) is 0 Å². The highest BCUT2D eigenvalue weighted by Crippen LogP contribution is 2.26. The van der Waals surface area contributed by atoms with Gasteiger partial charge in [0, 0.05) is 24.7 Å². The first kappa shape index (κ1) is 16.2. The standard InChI is InChI=1S/C19H22N4O/c1-3-16-19(14-6-4-13(2)5-7-14)22-17-9-8-15(12-23(16)17)21-18(24)10-11-20/h4-9,12H,3,10-11,20H2,1-2H3,(H,21,24). The van der Waals surface area contributed by atoms with Gasteiger partial charge in [0.1, 0.15) is 5.65 Å². The molecule has 1 amide bonds. The number of aromatic nitrogens is 2. The van der Waals surface area contributed by atoms with Gasteiger partial charge in [0.05, 0.1) is 17.1 Å². The zero-order valence-electron chi connectivity index (χ0n) is 14.0. The Labute approximate surface area is 141 Å². The molecule has 5 nitrogen and oxygen atoms in total. The molecule has 0 atom stereocenters. The highest BCUT2D eigenvalue weighted by Gasteiger charge is 2.13. The van der Waals surface area contributed by atoms with E-state index in [-0.39, 0.29) is 5.91 Å². The van der Waals surface area contributed by atoms with Crippen molar-refractivity contribution in [3.8, 4) is 11.3 Å². The van der Waals surface area contributed by atoms with E-state index in [1.807, 2.05) is 22.7 Å². The number of rotatable bonds is 5. The number of nitrogens with zero attached hydrogens (tertiary/aromatic N) is 2. The van der Waals surface area contributed by atoms with Crippen LogP contribution in [-0.4, -0.2) is 21.8 Å². The molecule has 3 N–H and O–H groups in total. The van der Waals surface area contributed by atoms with Crippen molar-refractivity contribution in [3.63, 3.8) is 0 Å². The van der Waals surface area contributed by atoms with Crippen molar-refractivity contribution in [3.05, 3.63) is 53.9 Å². The summed E-state index contributed by atoms with van der Waals surface area (Å²) < 4.78 is 2.05. The second-order valence-electron chi connectivity index (χ2n) is 5.86. The first-order chi connectivity index (χ1) is 11.6. The molecule has 124 valence electrons. The normalized spacial score (nSPS) is 11.0. The van der Waals surface area contributed by atoms with Crippen molar-refractivity contribution in [2.24, 2.45) is 5.73 Å². The van der Waals surface area contributed by atoms with E-state index in [1.165, 1.54) is 5.56 Å². The second-order valence-corrected chi connectivity index (χ2v) is 5.86. The summed E-state index contributed by atoms with van der Waals surface area (Å²) in [5.74, 6) is -0.0752. The fraction of sp³-hybridized carbons (Fsp3) is 0.263. The van der Waals surface area contributed by atoms with Gasteiger partial charge in [-0.3, -0.25) is 4.79 Å². The van der Waals surface area contributed by atoms with E-state index in [9.17, 15) is 4.79 Å². The summed E-state index contributed by atoms with van der Waals surface area (Å²) in [7, 11) is 0. The summed E-state index contributed by atoms with van der Waals surface area (Å²) in [6, 6.07) is 12.2. The van der Waals surface area contributed by atoms with Crippen LogP contribution in [0.5, 0.6) is 0 Å². The number of hydrogen-bond donors (Lipinski definition) is 2.